The summed E-state index contributed by atoms with van der Waals surface area (Å²) in [5.41, 5.74) is 10.2. The van der Waals surface area contributed by atoms with Crippen LogP contribution < -0.4 is 10.6 Å². The van der Waals surface area contributed by atoms with Gasteiger partial charge in [0.05, 0.1) is 24.0 Å². The molecule has 4 nitrogen and oxygen atoms in total. The number of hydrogen-bond donors (Lipinski definition) is 1. The fraction of sp³-hybridized carbons (Fsp3) is 0.235. The molecular weight excluding hydrogens is 264 g/mol. The van der Waals surface area contributed by atoms with Crippen LogP contribution in [0.5, 0.6) is 0 Å². The third kappa shape index (κ3) is 3.34. The summed E-state index contributed by atoms with van der Waals surface area (Å²) >= 11 is 0. The van der Waals surface area contributed by atoms with Gasteiger partial charge in [-0.2, -0.15) is 0 Å². The molecule has 0 aromatic heterocycles. The van der Waals surface area contributed by atoms with Gasteiger partial charge in [0.2, 0.25) is 0 Å². The van der Waals surface area contributed by atoms with Crippen molar-refractivity contribution in [3.63, 3.8) is 0 Å². The molecule has 0 saturated carbocycles. The lowest BCUT2D eigenvalue weighted by molar-refractivity contribution is 0.0601. The van der Waals surface area contributed by atoms with Crippen LogP contribution >= 0.6 is 0 Å². The van der Waals surface area contributed by atoms with Crippen molar-refractivity contribution < 1.29 is 9.53 Å². The smallest absolute Gasteiger partial charge is 0.340 e. The first kappa shape index (κ1) is 14.9. The van der Waals surface area contributed by atoms with Gasteiger partial charge in [0.15, 0.2) is 0 Å². The van der Waals surface area contributed by atoms with Crippen LogP contribution in [0.15, 0.2) is 42.5 Å². The lowest BCUT2D eigenvalue weighted by Crippen LogP contribution is -2.21. The molecule has 2 aromatic rings. The van der Waals surface area contributed by atoms with Crippen molar-refractivity contribution in [2.75, 3.05) is 24.8 Å². The Morgan fingerprint density at radius 2 is 1.86 bits per heavy atom. The molecule has 0 atom stereocenters. The van der Waals surface area contributed by atoms with Crippen LogP contribution in [-0.4, -0.2) is 20.1 Å². The van der Waals surface area contributed by atoms with Crippen LogP contribution in [0.1, 0.15) is 21.5 Å². The summed E-state index contributed by atoms with van der Waals surface area (Å²) in [7, 11) is 3.28. The standard InChI is InChI=1S/C17H20N2O2/c1-12-7-9-13(10-8-12)11-19(2)16-14(17(20)21-3)5-4-6-15(16)18/h4-10H,11,18H2,1-3H3. The fourth-order valence-corrected chi connectivity index (χ4v) is 2.31. The highest BCUT2D eigenvalue weighted by Crippen LogP contribution is 2.28. The van der Waals surface area contributed by atoms with E-state index < -0.39 is 0 Å². The van der Waals surface area contributed by atoms with Crippen molar-refractivity contribution >= 4 is 17.3 Å². The number of aryl methyl sites for hydroxylation is 1. The molecule has 0 aliphatic carbocycles. The number of anilines is 2. The van der Waals surface area contributed by atoms with Crippen molar-refractivity contribution in [1.29, 1.82) is 0 Å². The maximum Gasteiger partial charge on any atom is 0.340 e. The Labute approximate surface area is 125 Å². The van der Waals surface area contributed by atoms with Gasteiger partial charge in [0.1, 0.15) is 0 Å². The molecule has 2 aromatic carbocycles. The van der Waals surface area contributed by atoms with Gasteiger partial charge in [-0.05, 0) is 24.6 Å². The number of esters is 1. The predicted molar refractivity (Wildman–Crippen MR) is 85.5 cm³/mol. The number of rotatable bonds is 4. The van der Waals surface area contributed by atoms with Gasteiger partial charge in [-0.15, -0.1) is 0 Å². The van der Waals surface area contributed by atoms with Crippen LogP contribution in [-0.2, 0) is 11.3 Å². The van der Waals surface area contributed by atoms with Crippen molar-refractivity contribution in [2.45, 2.75) is 13.5 Å². The minimum Gasteiger partial charge on any atom is -0.465 e. The first-order valence-corrected chi connectivity index (χ1v) is 6.76. The van der Waals surface area contributed by atoms with Gasteiger partial charge in [-0.3, -0.25) is 0 Å². The van der Waals surface area contributed by atoms with E-state index in [9.17, 15) is 4.79 Å². The summed E-state index contributed by atoms with van der Waals surface area (Å²) in [6.07, 6.45) is 0. The van der Waals surface area contributed by atoms with Crippen molar-refractivity contribution in [1.82, 2.24) is 0 Å². The lowest BCUT2D eigenvalue weighted by Gasteiger charge is -2.23. The normalized spacial score (nSPS) is 10.2. The number of ether oxygens (including phenoxy) is 1. The van der Waals surface area contributed by atoms with Crippen LogP contribution in [0.25, 0.3) is 0 Å². The monoisotopic (exact) mass is 284 g/mol. The number of nitrogen functional groups attached to an aromatic ring is 1. The van der Waals surface area contributed by atoms with E-state index in [-0.39, 0.29) is 5.97 Å². The number of benzene rings is 2. The van der Waals surface area contributed by atoms with E-state index in [4.69, 9.17) is 10.5 Å². The zero-order valence-corrected chi connectivity index (χ0v) is 12.6. The van der Waals surface area contributed by atoms with Crippen molar-refractivity contribution in [2.24, 2.45) is 0 Å². The topological polar surface area (TPSA) is 55.6 Å². The quantitative estimate of drug-likeness (QED) is 0.692. The highest BCUT2D eigenvalue weighted by Gasteiger charge is 2.17. The molecule has 0 bridgehead atoms. The molecule has 0 unspecified atom stereocenters. The predicted octanol–water partition coefficient (Wildman–Crippen LogP) is 3.00. The Hall–Kier alpha value is -2.49. The van der Waals surface area contributed by atoms with Crippen LogP contribution in [0.2, 0.25) is 0 Å². The van der Waals surface area contributed by atoms with Crippen LogP contribution in [0, 0.1) is 6.92 Å². The SMILES string of the molecule is COC(=O)c1cccc(N)c1N(C)Cc1ccc(C)cc1. The molecule has 2 N–H and O–H groups in total. The van der Waals surface area contributed by atoms with E-state index in [2.05, 4.69) is 31.2 Å². The summed E-state index contributed by atoms with van der Waals surface area (Å²) in [5, 5.41) is 0. The Morgan fingerprint density at radius 1 is 1.19 bits per heavy atom. The molecule has 0 radical (unpaired) electrons. The molecule has 0 aliphatic heterocycles. The van der Waals surface area contributed by atoms with Crippen molar-refractivity contribution in [3.05, 3.63) is 59.2 Å². The second kappa shape index (κ2) is 6.31. The summed E-state index contributed by atoms with van der Waals surface area (Å²) in [6.45, 7) is 2.72. The third-order valence-electron chi connectivity index (χ3n) is 3.39. The van der Waals surface area contributed by atoms with Crippen LogP contribution in [0.4, 0.5) is 11.4 Å². The Balaban J connectivity index is 2.32. The second-order valence-corrected chi connectivity index (χ2v) is 5.08. The van der Waals surface area contributed by atoms with Gasteiger partial charge >= 0.3 is 5.97 Å². The number of nitrogens with two attached hydrogens (primary N) is 1. The van der Waals surface area contributed by atoms with E-state index in [1.807, 2.05) is 11.9 Å². The largest absolute Gasteiger partial charge is 0.465 e. The van der Waals surface area contributed by atoms with Gasteiger partial charge in [0, 0.05) is 13.6 Å². The molecule has 0 fully saturated rings. The van der Waals surface area contributed by atoms with Gasteiger partial charge < -0.3 is 15.4 Å². The highest BCUT2D eigenvalue weighted by atomic mass is 16.5. The van der Waals surface area contributed by atoms with Crippen LogP contribution in [0.3, 0.4) is 0 Å². The maximum absolute atomic E-state index is 11.9. The molecule has 110 valence electrons. The minimum absolute atomic E-state index is 0.381. The van der Waals surface area contributed by atoms with Gasteiger partial charge in [-0.25, -0.2) is 4.79 Å². The van der Waals surface area contributed by atoms with E-state index in [1.165, 1.54) is 12.7 Å². The average Bonchev–Trinajstić information content (AvgIpc) is 2.48. The molecular formula is C17H20N2O2. The summed E-state index contributed by atoms with van der Waals surface area (Å²) in [4.78, 5) is 13.8. The van der Waals surface area contributed by atoms with E-state index in [0.717, 1.165) is 5.56 Å². The first-order valence-electron chi connectivity index (χ1n) is 6.76. The summed E-state index contributed by atoms with van der Waals surface area (Å²) < 4.78 is 4.83. The molecule has 0 amide bonds. The fourth-order valence-electron chi connectivity index (χ4n) is 2.31. The minimum atomic E-state index is -0.381. The lowest BCUT2D eigenvalue weighted by atomic mass is 10.1. The average molecular weight is 284 g/mol. The van der Waals surface area contributed by atoms with Gasteiger partial charge in [-0.1, -0.05) is 35.9 Å². The van der Waals surface area contributed by atoms with Gasteiger partial charge in [0.25, 0.3) is 0 Å². The molecule has 2 rings (SSSR count). The Morgan fingerprint density at radius 3 is 2.48 bits per heavy atom. The van der Waals surface area contributed by atoms with Crippen molar-refractivity contribution in [3.8, 4) is 0 Å². The third-order valence-corrected chi connectivity index (χ3v) is 3.39. The number of hydrogen-bond acceptors (Lipinski definition) is 4. The molecule has 0 saturated heterocycles. The molecule has 21 heavy (non-hydrogen) atoms. The molecule has 4 heteroatoms. The number of carbonyl (C=O) groups is 1. The summed E-state index contributed by atoms with van der Waals surface area (Å²) in [6, 6.07) is 13.5. The van der Waals surface area contributed by atoms with E-state index >= 15 is 0 Å². The maximum atomic E-state index is 11.9. The first-order chi connectivity index (χ1) is 10.0. The number of nitrogens with zero attached hydrogens (tertiary/aromatic N) is 1. The number of carbonyl (C=O) groups excluding carboxylic acids is 1. The number of methoxy groups -OCH3 is 1. The molecule has 0 aliphatic rings. The molecule has 0 heterocycles. The highest BCUT2D eigenvalue weighted by molar-refractivity contribution is 5.99. The van der Waals surface area contributed by atoms with E-state index in [1.54, 1.807) is 18.2 Å². The zero-order chi connectivity index (χ0) is 15.4. The van der Waals surface area contributed by atoms with E-state index in [0.29, 0.717) is 23.5 Å². The second-order valence-electron chi connectivity index (χ2n) is 5.08. The Bertz CT molecular complexity index is 636. The number of para-hydroxylation sites is 1. The zero-order valence-electron chi connectivity index (χ0n) is 12.6. The summed E-state index contributed by atoms with van der Waals surface area (Å²) in [5.74, 6) is -0.381. The Kier molecular flexibility index (Phi) is 4.48. The molecule has 0 spiro atoms.